The van der Waals surface area contributed by atoms with Gasteiger partial charge in [-0.1, -0.05) is 0 Å². The normalized spacial score (nSPS) is 10.8. The topological polar surface area (TPSA) is 92.5 Å². The zero-order chi connectivity index (χ0) is 8.85. The van der Waals surface area contributed by atoms with Gasteiger partial charge in [0.1, 0.15) is 0 Å². The summed E-state index contributed by atoms with van der Waals surface area (Å²) in [5.74, 6) is -2.37. The Morgan fingerprint density at radius 3 is 2.55 bits per heavy atom. The Kier molecular flexibility index (Phi) is 3.72. The highest BCUT2D eigenvalue weighted by Gasteiger charge is 1.97. The second-order valence-corrected chi connectivity index (χ2v) is 1.64. The number of hydrogen-bond acceptors (Lipinski definition) is 5. The molecule has 0 radical (unpaired) electrons. The number of carboxylic acid groups (broad SMARTS) is 1. The van der Waals surface area contributed by atoms with Crippen molar-refractivity contribution in [2.24, 2.45) is 5.73 Å². The molecule has 62 valence electrons. The van der Waals surface area contributed by atoms with Gasteiger partial charge in [0.25, 0.3) is 0 Å². The number of hydrogen-bond donors (Lipinski definition) is 1. The van der Waals surface area contributed by atoms with Gasteiger partial charge in [-0.15, -0.1) is 0 Å². The summed E-state index contributed by atoms with van der Waals surface area (Å²) in [6.07, 6.45) is 0.666. The van der Waals surface area contributed by atoms with Gasteiger partial charge in [0.05, 0.1) is 18.3 Å². The molecule has 0 bridgehead atoms. The maximum Gasteiger partial charge on any atom is 0.332 e. The molecule has 0 saturated heterocycles. The van der Waals surface area contributed by atoms with Crippen LogP contribution in [0.3, 0.4) is 0 Å². The van der Waals surface area contributed by atoms with Crippen molar-refractivity contribution in [3.05, 3.63) is 11.8 Å². The fourth-order valence-electron chi connectivity index (χ4n) is 0.370. The van der Waals surface area contributed by atoms with Crippen molar-refractivity contribution in [3.8, 4) is 0 Å². The average Bonchev–Trinajstić information content (AvgIpc) is 1.87. The van der Waals surface area contributed by atoms with Crippen LogP contribution >= 0.6 is 0 Å². The van der Waals surface area contributed by atoms with Gasteiger partial charge in [-0.3, -0.25) is 0 Å². The molecule has 0 saturated carbocycles. The number of carboxylic acids is 1. The number of ether oxygens (including phenoxy) is 1. The van der Waals surface area contributed by atoms with Crippen molar-refractivity contribution in [2.45, 2.75) is 6.92 Å². The van der Waals surface area contributed by atoms with Crippen LogP contribution in [0.15, 0.2) is 11.8 Å². The monoisotopic (exact) mass is 158 g/mol. The van der Waals surface area contributed by atoms with Crippen LogP contribution in [-0.4, -0.2) is 18.5 Å². The largest absolute Gasteiger partial charge is 0.543 e. The van der Waals surface area contributed by atoms with Gasteiger partial charge in [-0.05, 0) is 6.92 Å². The molecule has 0 heterocycles. The predicted molar refractivity (Wildman–Crippen MR) is 33.9 cm³/mol. The Bertz CT molecular complexity index is 197. The summed E-state index contributed by atoms with van der Waals surface area (Å²) in [6, 6.07) is 0. The summed E-state index contributed by atoms with van der Waals surface area (Å²) in [7, 11) is 0. The minimum absolute atomic E-state index is 0.176. The Labute approximate surface area is 63.4 Å². The zero-order valence-corrected chi connectivity index (χ0v) is 5.99. The molecular weight excluding hydrogens is 150 g/mol. The molecule has 0 amide bonds. The molecule has 5 nitrogen and oxygen atoms in total. The molecule has 0 aliphatic heterocycles. The van der Waals surface area contributed by atoms with Crippen molar-refractivity contribution < 1.29 is 19.4 Å². The van der Waals surface area contributed by atoms with E-state index in [0.29, 0.717) is 6.08 Å². The Morgan fingerprint density at radius 2 is 2.18 bits per heavy atom. The standard InChI is InChI=1S/C6H9NO4/c1-2-11-5(8)3-4(7)6(9)10/h3H,2,7H2,1H3,(H,9,10)/p-1/b4-3-. The molecule has 0 aliphatic rings. The molecular formula is C6H8NO4-. The third-order valence-electron chi connectivity index (χ3n) is 0.796. The molecule has 2 N–H and O–H groups in total. The van der Waals surface area contributed by atoms with E-state index in [1.807, 2.05) is 0 Å². The number of aliphatic carboxylic acids is 1. The van der Waals surface area contributed by atoms with Gasteiger partial charge < -0.3 is 20.4 Å². The van der Waals surface area contributed by atoms with E-state index in [0.717, 1.165) is 0 Å². The van der Waals surface area contributed by atoms with Crippen LogP contribution in [0, 0.1) is 0 Å². The van der Waals surface area contributed by atoms with Gasteiger partial charge in [-0.2, -0.15) is 0 Å². The first-order chi connectivity index (χ1) is 5.07. The third kappa shape index (κ3) is 3.96. The number of rotatable bonds is 3. The van der Waals surface area contributed by atoms with E-state index in [1.165, 1.54) is 0 Å². The lowest BCUT2D eigenvalue weighted by Crippen LogP contribution is -2.29. The van der Waals surface area contributed by atoms with E-state index < -0.39 is 17.6 Å². The lowest BCUT2D eigenvalue weighted by Gasteiger charge is -2.00. The summed E-state index contributed by atoms with van der Waals surface area (Å²) in [5, 5.41) is 9.93. The number of carbonyl (C=O) groups excluding carboxylic acids is 2. The highest BCUT2D eigenvalue weighted by Crippen LogP contribution is 1.84. The van der Waals surface area contributed by atoms with Crippen molar-refractivity contribution in [1.29, 1.82) is 0 Å². The van der Waals surface area contributed by atoms with Crippen LogP contribution in [0.4, 0.5) is 0 Å². The van der Waals surface area contributed by atoms with Crippen LogP contribution < -0.4 is 10.8 Å². The molecule has 0 aromatic carbocycles. The quantitative estimate of drug-likeness (QED) is 0.384. The highest BCUT2D eigenvalue weighted by molar-refractivity contribution is 5.93. The number of carbonyl (C=O) groups is 2. The fraction of sp³-hybridized carbons (Fsp3) is 0.333. The molecule has 0 spiro atoms. The lowest BCUT2D eigenvalue weighted by atomic mass is 10.4. The van der Waals surface area contributed by atoms with Crippen LogP contribution in [0.1, 0.15) is 6.92 Å². The maximum atomic E-state index is 10.5. The summed E-state index contributed by atoms with van der Waals surface area (Å²) in [4.78, 5) is 20.4. The van der Waals surface area contributed by atoms with Gasteiger partial charge in [0, 0.05) is 6.08 Å². The Balaban J connectivity index is 4.08. The van der Waals surface area contributed by atoms with Crippen molar-refractivity contribution in [1.82, 2.24) is 0 Å². The number of esters is 1. The molecule has 0 aromatic heterocycles. The summed E-state index contributed by atoms with van der Waals surface area (Å²) < 4.78 is 4.38. The molecule has 0 aliphatic carbocycles. The van der Waals surface area contributed by atoms with Crippen LogP contribution in [-0.2, 0) is 14.3 Å². The molecule has 0 fully saturated rings. The van der Waals surface area contributed by atoms with Crippen molar-refractivity contribution in [2.75, 3.05) is 6.61 Å². The summed E-state index contributed by atoms with van der Waals surface area (Å²) in [5.41, 5.74) is 4.21. The molecule has 0 aromatic rings. The predicted octanol–water partition coefficient (Wildman–Crippen LogP) is -1.86. The molecule has 0 rings (SSSR count). The van der Waals surface area contributed by atoms with E-state index in [9.17, 15) is 14.7 Å². The minimum atomic E-state index is -1.59. The van der Waals surface area contributed by atoms with Gasteiger partial charge in [-0.25, -0.2) is 4.79 Å². The minimum Gasteiger partial charge on any atom is -0.543 e. The molecule has 0 unspecified atom stereocenters. The summed E-state index contributed by atoms with van der Waals surface area (Å²) in [6.45, 7) is 1.77. The second kappa shape index (κ2) is 4.32. The first kappa shape index (κ1) is 9.48. The molecule has 11 heavy (non-hydrogen) atoms. The van der Waals surface area contributed by atoms with E-state index in [-0.39, 0.29) is 6.61 Å². The van der Waals surface area contributed by atoms with Gasteiger partial charge >= 0.3 is 5.97 Å². The van der Waals surface area contributed by atoms with E-state index in [1.54, 1.807) is 6.92 Å². The maximum absolute atomic E-state index is 10.5. The Morgan fingerprint density at radius 1 is 1.64 bits per heavy atom. The highest BCUT2D eigenvalue weighted by atomic mass is 16.5. The average molecular weight is 158 g/mol. The third-order valence-corrected chi connectivity index (χ3v) is 0.796. The van der Waals surface area contributed by atoms with Crippen molar-refractivity contribution >= 4 is 11.9 Å². The van der Waals surface area contributed by atoms with E-state index >= 15 is 0 Å². The SMILES string of the molecule is CCOC(=O)/C=C(\N)C(=O)[O-]. The van der Waals surface area contributed by atoms with Crippen LogP contribution in [0.25, 0.3) is 0 Å². The first-order valence-electron chi connectivity index (χ1n) is 2.93. The van der Waals surface area contributed by atoms with Crippen LogP contribution in [0.5, 0.6) is 0 Å². The lowest BCUT2D eigenvalue weighted by molar-refractivity contribution is -0.299. The second-order valence-electron chi connectivity index (χ2n) is 1.64. The van der Waals surface area contributed by atoms with E-state index in [2.05, 4.69) is 4.74 Å². The van der Waals surface area contributed by atoms with Crippen LogP contribution in [0.2, 0.25) is 0 Å². The van der Waals surface area contributed by atoms with Crippen molar-refractivity contribution in [3.63, 3.8) is 0 Å². The van der Waals surface area contributed by atoms with E-state index in [4.69, 9.17) is 5.73 Å². The Hall–Kier alpha value is -1.52. The summed E-state index contributed by atoms with van der Waals surface area (Å²) >= 11 is 0. The smallest absolute Gasteiger partial charge is 0.332 e. The number of nitrogens with two attached hydrogens (primary N) is 1. The van der Waals surface area contributed by atoms with Gasteiger partial charge in [0.2, 0.25) is 0 Å². The zero-order valence-electron chi connectivity index (χ0n) is 5.99. The molecule has 5 heteroatoms. The molecule has 0 atom stereocenters. The first-order valence-corrected chi connectivity index (χ1v) is 2.93. The fourth-order valence-corrected chi connectivity index (χ4v) is 0.370. The van der Waals surface area contributed by atoms with Gasteiger partial charge in [0.15, 0.2) is 0 Å².